The molecule has 0 saturated heterocycles. The van der Waals surface area contributed by atoms with Crippen LogP contribution in [0.4, 0.5) is 8.78 Å². The van der Waals surface area contributed by atoms with Gasteiger partial charge in [-0.25, -0.2) is 8.42 Å². The summed E-state index contributed by atoms with van der Waals surface area (Å²) in [4.78, 5) is 11.6. The summed E-state index contributed by atoms with van der Waals surface area (Å²) in [5, 5.41) is -4.60. The predicted octanol–water partition coefficient (Wildman–Crippen LogP) is 1.88. The van der Waals surface area contributed by atoms with E-state index >= 15 is 0 Å². The molecular formula is C13H17F2O5S-. The van der Waals surface area contributed by atoms with Crippen molar-refractivity contribution < 1.29 is 31.3 Å². The number of esters is 1. The van der Waals surface area contributed by atoms with Gasteiger partial charge in [-0.05, 0) is 55.8 Å². The van der Waals surface area contributed by atoms with Crippen LogP contribution in [-0.2, 0) is 19.6 Å². The zero-order valence-electron chi connectivity index (χ0n) is 11.3. The third-order valence-corrected chi connectivity index (χ3v) is 6.00. The SMILES string of the molecule is O=C(CC(F)(F)S(=O)(=O)[O-])OC1C2CC3CC(C2)CC1C3. The summed E-state index contributed by atoms with van der Waals surface area (Å²) in [5.41, 5.74) is 0. The molecule has 120 valence electrons. The van der Waals surface area contributed by atoms with Crippen LogP contribution in [0.25, 0.3) is 0 Å². The van der Waals surface area contributed by atoms with Crippen molar-refractivity contribution in [3.8, 4) is 0 Å². The highest BCUT2D eigenvalue weighted by atomic mass is 32.2. The lowest BCUT2D eigenvalue weighted by atomic mass is 9.55. The number of halogens is 2. The largest absolute Gasteiger partial charge is 0.743 e. The number of hydrogen-bond donors (Lipinski definition) is 0. The van der Waals surface area contributed by atoms with Crippen LogP contribution in [0.5, 0.6) is 0 Å². The van der Waals surface area contributed by atoms with Gasteiger partial charge in [0.05, 0.1) is 0 Å². The second-order valence-electron chi connectivity index (χ2n) is 6.65. The molecule has 0 unspecified atom stereocenters. The summed E-state index contributed by atoms with van der Waals surface area (Å²) in [7, 11) is -5.84. The Morgan fingerprint density at radius 3 is 2.00 bits per heavy atom. The molecule has 0 amide bonds. The summed E-state index contributed by atoms with van der Waals surface area (Å²) in [6.07, 6.45) is 2.91. The molecule has 0 aliphatic heterocycles. The molecule has 0 atom stereocenters. The maximum Gasteiger partial charge on any atom is 0.344 e. The summed E-state index contributed by atoms with van der Waals surface area (Å²) >= 11 is 0. The fourth-order valence-corrected chi connectivity index (χ4v) is 4.81. The number of alkyl halides is 2. The normalized spacial score (nSPS) is 38.5. The van der Waals surface area contributed by atoms with E-state index in [1.54, 1.807) is 0 Å². The Morgan fingerprint density at radius 2 is 1.57 bits per heavy atom. The molecule has 0 aromatic rings. The van der Waals surface area contributed by atoms with E-state index in [1.165, 1.54) is 6.42 Å². The Hall–Kier alpha value is -0.760. The molecule has 0 radical (unpaired) electrons. The summed E-state index contributed by atoms with van der Waals surface area (Å²) in [6, 6.07) is 0. The van der Waals surface area contributed by atoms with Crippen LogP contribution in [0.1, 0.15) is 38.5 Å². The van der Waals surface area contributed by atoms with Crippen molar-refractivity contribution in [1.29, 1.82) is 0 Å². The van der Waals surface area contributed by atoms with Crippen molar-refractivity contribution in [2.24, 2.45) is 23.7 Å². The van der Waals surface area contributed by atoms with Gasteiger partial charge in [0.15, 0.2) is 10.1 Å². The van der Waals surface area contributed by atoms with Gasteiger partial charge < -0.3 is 9.29 Å². The molecule has 0 spiro atoms. The Balaban J connectivity index is 1.63. The van der Waals surface area contributed by atoms with Crippen LogP contribution in [-0.4, -0.2) is 30.3 Å². The Morgan fingerprint density at radius 1 is 1.10 bits per heavy atom. The second-order valence-corrected chi connectivity index (χ2v) is 8.16. The monoisotopic (exact) mass is 323 g/mol. The van der Waals surface area contributed by atoms with Gasteiger partial charge in [-0.2, -0.15) is 8.78 Å². The first-order valence-corrected chi connectivity index (χ1v) is 8.59. The quantitative estimate of drug-likeness (QED) is 0.582. The zero-order chi connectivity index (χ0) is 15.4. The maximum atomic E-state index is 13.1. The lowest BCUT2D eigenvalue weighted by Crippen LogP contribution is -2.50. The molecule has 4 aliphatic carbocycles. The first-order valence-electron chi connectivity index (χ1n) is 7.18. The number of hydrogen-bond acceptors (Lipinski definition) is 5. The van der Waals surface area contributed by atoms with Crippen LogP contribution in [0.2, 0.25) is 0 Å². The van der Waals surface area contributed by atoms with Crippen molar-refractivity contribution in [2.45, 2.75) is 49.9 Å². The summed E-state index contributed by atoms with van der Waals surface area (Å²) in [5.74, 6) is 0.388. The van der Waals surface area contributed by atoms with E-state index in [9.17, 15) is 26.5 Å². The average molecular weight is 323 g/mol. The molecule has 4 fully saturated rings. The highest BCUT2D eigenvalue weighted by molar-refractivity contribution is 7.86. The molecule has 8 heteroatoms. The van der Waals surface area contributed by atoms with Gasteiger partial charge in [0.25, 0.3) is 0 Å². The van der Waals surface area contributed by atoms with E-state index < -0.39 is 33.9 Å². The van der Waals surface area contributed by atoms with Gasteiger partial charge in [-0.15, -0.1) is 0 Å². The summed E-state index contributed by atoms with van der Waals surface area (Å²) < 4.78 is 62.6. The van der Waals surface area contributed by atoms with Crippen molar-refractivity contribution in [2.75, 3.05) is 0 Å². The first kappa shape index (κ1) is 15.1. The van der Waals surface area contributed by atoms with Gasteiger partial charge in [0.1, 0.15) is 12.5 Å². The van der Waals surface area contributed by atoms with Gasteiger partial charge >= 0.3 is 11.2 Å². The van der Waals surface area contributed by atoms with Crippen LogP contribution in [0.15, 0.2) is 0 Å². The van der Waals surface area contributed by atoms with Gasteiger partial charge in [-0.3, -0.25) is 4.79 Å². The molecule has 4 rings (SSSR count). The molecule has 4 saturated carbocycles. The topological polar surface area (TPSA) is 83.5 Å². The second kappa shape index (κ2) is 4.87. The molecule has 0 heterocycles. The molecule has 0 N–H and O–H groups in total. The van der Waals surface area contributed by atoms with E-state index in [-0.39, 0.29) is 11.8 Å². The van der Waals surface area contributed by atoms with E-state index in [1.807, 2.05) is 0 Å². The lowest BCUT2D eigenvalue weighted by Gasteiger charge is -2.53. The average Bonchev–Trinajstić information content (AvgIpc) is 2.30. The Labute approximate surface area is 121 Å². The third-order valence-electron chi connectivity index (χ3n) is 5.12. The molecule has 4 aliphatic rings. The zero-order valence-corrected chi connectivity index (χ0v) is 12.2. The molecular weight excluding hydrogens is 306 g/mol. The summed E-state index contributed by atoms with van der Waals surface area (Å²) in [6.45, 7) is 0. The van der Waals surface area contributed by atoms with Crippen LogP contribution >= 0.6 is 0 Å². The maximum absolute atomic E-state index is 13.1. The van der Waals surface area contributed by atoms with E-state index in [2.05, 4.69) is 0 Å². The first-order chi connectivity index (χ1) is 9.65. The third kappa shape index (κ3) is 2.79. The van der Waals surface area contributed by atoms with E-state index in [0.717, 1.165) is 25.7 Å². The smallest absolute Gasteiger partial charge is 0.344 e. The molecule has 21 heavy (non-hydrogen) atoms. The number of ether oxygens (including phenoxy) is 1. The number of carbonyl (C=O) groups excluding carboxylic acids is 1. The van der Waals surface area contributed by atoms with Crippen molar-refractivity contribution in [1.82, 2.24) is 0 Å². The van der Waals surface area contributed by atoms with Crippen molar-refractivity contribution >= 4 is 16.1 Å². The molecule has 5 nitrogen and oxygen atoms in total. The van der Waals surface area contributed by atoms with Crippen LogP contribution in [0.3, 0.4) is 0 Å². The molecule has 0 aromatic heterocycles. The standard InChI is InChI=1S/C13H18F2O5S/c14-13(15,21(17,18)19)6-11(16)20-12-9-2-7-1-8(4-9)5-10(12)3-7/h7-10,12H,1-6H2,(H,17,18,19)/p-1. The molecule has 0 aromatic carbocycles. The number of carbonyl (C=O) groups is 1. The van der Waals surface area contributed by atoms with Gasteiger partial charge in [0.2, 0.25) is 0 Å². The van der Waals surface area contributed by atoms with Crippen molar-refractivity contribution in [3.63, 3.8) is 0 Å². The minimum atomic E-state index is -5.84. The van der Waals surface area contributed by atoms with Crippen molar-refractivity contribution in [3.05, 3.63) is 0 Å². The predicted molar refractivity (Wildman–Crippen MR) is 66.2 cm³/mol. The number of rotatable bonds is 4. The fraction of sp³-hybridized carbons (Fsp3) is 0.923. The Kier molecular flexibility index (Phi) is 3.52. The van der Waals surface area contributed by atoms with Gasteiger partial charge in [-0.1, -0.05) is 0 Å². The van der Waals surface area contributed by atoms with E-state index in [4.69, 9.17) is 4.74 Å². The van der Waals surface area contributed by atoms with Crippen LogP contribution < -0.4 is 0 Å². The highest BCUT2D eigenvalue weighted by Crippen LogP contribution is 2.54. The molecule has 4 bridgehead atoms. The minimum Gasteiger partial charge on any atom is -0.743 e. The highest BCUT2D eigenvalue weighted by Gasteiger charge is 2.50. The van der Waals surface area contributed by atoms with E-state index in [0.29, 0.717) is 11.8 Å². The fourth-order valence-electron chi connectivity index (χ4n) is 4.52. The Bertz CT molecular complexity index is 517. The minimum absolute atomic E-state index is 0.197. The van der Waals surface area contributed by atoms with Crippen LogP contribution in [0, 0.1) is 23.7 Å². The lowest BCUT2D eigenvalue weighted by molar-refractivity contribution is -0.174. The van der Waals surface area contributed by atoms with Gasteiger partial charge in [0, 0.05) is 0 Å².